The number of rotatable bonds is 33. The number of ether oxygens (including phenoxy) is 3. The maximum atomic E-state index is 12.6. The van der Waals surface area contributed by atoms with Crippen molar-refractivity contribution in [3.63, 3.8) is 0 Å². The van der Waals surface area contributed by atoms with Crippen LogP contribution in [0.5, 0.6) is 0 Å². The number of carbonyl (C=O) groups excluding carboxylic acids is 3. The van der Waals surface area contributed by atoms with Gasteiger partial charge in [-0.3, -0.25) is 9.59 Å². The summed E-state index contributed by atoms with van der Waals surface area (Å²) in [5, 5.41) is 11.6. The number of hydrogen-bond acceptors (Lipinski definition) is 7. The van der Waals surface area contributed by atoms with Crippen molar-refractivity contribution in [3.8, 4) is 0 Å². The molecule has 0 aromatic heterocycles. The van der Waals surface area contributed by atoms with Crippen LogP contribution < -0.4 is 5.11 Å². The summed E-state index contributed by atoms with van der Waals surface area (Å²) < 4.78 is 17.0. The van der Waals surface area contributed by atoms with Crippen molar-refractivity contribution in [1.82, 2.24) is 0 Å². The van der Waals surface area contributed by atoms with Gasteiger partial charge < -0.3 is 28.6 Å². The lowest BCUT2D eigenvalue weighted by Gasteiger charge is -2.34. The molecule has 2 atom stereocenters. The van der Waals surface area contributed by atoms with Crippen molar-refractivity contribution in [2.24, 2.45) is 0 Å². The maximum Gasteiger partial charge on any atom is 0.306 e. The van der Waals surface area contributed by atoms with Gasteiger partial charge in [-0.1, -0.05) is 107 Å². The van der Waals surface area contributed by atoms with Gasteiger partial charge in [-0.05, 0) is 64.2 Å². The lowest BCUT2D eigenvalue weighted by molar-refractivity contribution is -0.889. The highest BCUT2D eigenvalue weighted by atomic mass is 16.6. The fraction of sp³-hybridized carbons (Fsp3) is 0.732. The predicted molar refractivity (Wildman–Crippen MR) is 199 cm³/mol. The van der Waals surface area contributed by atoms with E-state index in [0.29, 0.717) is 6.42 Å². The maximum absolute atomic E-state index is 12.6. The molecule has 0 bridgehead atoms. The topological polar surface area (TPSA) is 102 Å². The molecular weight excluding hydrogens is 618 g/mol. The number of allylic oxidation sites excluding steroid dienone is 8. The minimum atomic E-state index is -1.14. The lowest BCUT2D eigenvalue weighted by atomic mass is 10.1. The van der Waals surface area contributed by atoms with Crippen LogP contribution in [0.3, 0.4) is 0 Å². The molecule has 0 aliphatic carbocycles. The van der Waals surface area contributed by atoms with Crippen molar-refractivity contribution in [2.75, 3.05) is 41.0 Å². The zero-order chi connectivity index (χ0) is 36.4. The quantitative estimate of drug-likeness (QED) is 0.0295. The Hall–Kier alpha value is -2.71. The molecule has 8 heteroatoms. The van der Waals surface area contributed by atoms with Crippen LogP contribution >= 0.6 is 0 Å². The third-order valence-corrected chi connectivity index (χ3v) is 8.20. The number of nitrogens with zero attached hydrogens (tertiary/aromatic N) is 1. The molecule has 0 N–H and O–H groups in total. The summed E-state index contributed by atoms with van der Waals surface area (Å²) in [4.78, 5) is 36.6. The number of unbranched alkanes of at least 4 members (excludes halogenated alkanes) is 11. The van der Waals surface area contributed by atoms with Crippen molar-refractivity contribution in [1.29, 1.82) is 0 Å². The van der Waals surface area contributed by atoms with Gasteiger partial charge in [-0.2, -0.15) is 0 Å². The van der Waals surface area contributed by atoms with Crippen LogP contribution in [0.25, 0.3) is 0 Å². The molecule has 49 heavy (non-hydrogen) atoms. The number of carbonyl (C=O) groups is 3. The molecule has 0 heterocycles. The van der Waals surface area contributed by atoms with Gasteiger partial charge in [-0.15, -0.1) is 0 Å². The number of carboxylic acids is 1. The van der Waals surface area contributed by atoms with E-state index in [1.807, 2.05) is 0 Å². The lowest BCUT2D eigenvalue weighted by Crippen LogP contribution is -2.55. The Morgan fingerprint density at radius 1 is 0.633 bits per heavy atom. The smallest absolute Gasteiger partial charge is 0.306 e. The normalized spacial score (nSPS) is 13.6. The Kier molecular flexibility index (Phi) is 30.7. The average molecular weight is 690 g/mol. The highest BCUT2D eigenvalue weighted by Crippen LogP contribution is 2.12. The van der Waals surface area contributed by atoms with E-state index in [1.165, 1.54) is 44.9 Å². The van der Waals surface area contributed by atoms with Crippen LogP contribution in [0.15, 0.2) is 48.6 Å². The number of aliphatic carboxylic acids is 1. The molecule has 0 saturated heterocycles. The van der Waals surface area contributed by atoms with Crippen molar-refractivity contribution >= 4 is 17.9 Å². The number of quaternary nitrogens is 1. The second kappa shape index (κ2) is 32.5. The summed E-state index contributed by atoms with van der Waals surface area (Å²) in [6, 6.07) is -0.734. The van der Waals surface area contributed by atoms with Gasteiger partial charge >= 0.3 is 11.9 Å². The monoisotopic (exact) mass is 690 g/mol. The van der Waals surface area contributed by atoms with E-state index >= 15 is 0 Å². The molecule has 0 fully saturated rings. The SMILES string of the molecule is CC/C=C/C/C=C/C/C=C/CCCC(=O)OCC(COCCC(C(=O)[O-])[N+](C)(C)C)OC(=O)CCCCC/C=C/CCCCCCCCC. The molecular formula is C41H71NO7. The molecule has 282 valence electrons. The highest BCUT2D eigenvalue weighted by molar-refractivity contribution is 5.70. The van der Waals surface area contributed by atoms with Gasteiger partial charge in [0.05, 0.1) is 40.3 Å². The van der Waals surface area contributed by atoms with Crippen molar-refractivity contribution in [3.05, 3.63) is 48.6 Å². The largest absolute Gasteiger partial charge is 0.544 e. The highest BCUT2D eigenvalue weighted by Gasteiger charge is 2.25. The number of hydrogen-bond donors (Lipinski definition) is 0. The van der Waals surface area contributed by atoms with Crippen molar-refractivity contribution < 1.29 is 38.2 Å². The summed E-state index contributed by atoms with van der Waals surface area (Å²) in [5.74, 6) is -1.83. The molecule has 0 saturated carbocycles. The number of carboxylic acid groups (broad SMARTS) is 1. The van der Waals surface area contributed by atoms with Gasteiger partial charge in [0.1, 0.15) is 12.6 Å². The fourth-order valence-corrected chi connectivity index (χ4v) is 5.20. The third-order valence-electron chi connectivity index (χ3n) is 8.20. The second-order valence-electron chi connectivity index (χ2n) is 13.8. The number of esters is 2. The summed E-state index contributed by atoms with van der Waals surface area (Å²) in [6.07, 6.45) is 35.8. The molecule has 0 rings (SSSR count). The van der Waals surface area contributed by atoms with E-state index < -0.39 is 18.1 Å². The molecule has 0 radical (unpaired) electrons. The molecule has 0 amide bonds. The van der Waals surface area contributed by atoms with Crippen LogP contribution in [0.2, 0.25) is 0 Å². The van der Waals surface area contributed by atoms with Gasteiger partial charge in [0.15, 0.2) is 6.10 Å². The standard InChI is InChI=1S/C41H71NO7/c1-6-8-10-12-14-16-18-19-20-22-24-26-28-30-32-40(44)49-37(35-47-34-33-38(41(45)46)42(3,4)5)36-48-39(43)31-29-27-25-23-21-17-15-13-11-9-7-2/h9,11,15,17,20,22-23,25,37-38H,6-8,10,12-14,16,18-19,21,24,26-36H2,1-5H3/b11-9+,17-15+,22-20+,25-23+. The summed E-state index contributed by atoms with van der Waals surface area (Å²) in [6.45, 7) is 4.44. The van der Waals surface area contributed by atoms with E-state index in [0.717, 1.165) is 57.8 Å². The van der Waals surface area contributed by atoms with Gasteiger partial charge in [0, 0.05) is 19.3 Å². The van der Waals surface area contributed by atoms with Crippen LogP contribution in [-0.4, -0.2) is 75.5 Å². The third kappa shape index (κ3) is 31.0. The summed E-state index contributed by atoms with van der Waals surface area (Å²) >= 11 is 0. The van der Waals surface area contributed by atoms with Gasteiger partial charge in [0.25, 0.3) is 0 Å². The van der Waals surface area contributed by atoms with E-state index in [2.05, 4.69) is 62.5 Å². The van der Waals surface area contributed by atoms with Crippen LogP contribution in [0.1, 0.15) is 142 Å². The molecule has 8 nitrogen and oxygen atoms in total. The average Bonchev–Trinajstić information content (AvgIpc) is 3.05. The molecule has 0 spiro atoms. The molecule has 0 aromatic rings. The first kappa shape index (κ1) is 46.3. The Morgan fingerprint density at radius 2 is 1.16 bits per heavy atom. The first-order valence-electron chi connectivity index (χ1n) is 19.2. The Labute approximate surface area is 299 Å². The van der Waals surface area contributed by atoms with Crippen LogP contribution in [-0.2, 0) is 28.6 Å². The molecule has 0 aromatic carbocycles. The second-order valence-corrected chi connectivity index (χ2v) is 13.8. The zero-order valence-electron chi connectivity index (χ0n) is 31.8. The van der Waals surface area contributed by atoms with Crippen molar-refractivity contribution in [2.45, 2.75) is 154 Å². The van der Waals surface area contributed by atoms with Crippen LogP contribution in [0, 0.1) is 0 Å². The molecule has 2 unspecified atom stereocenters. The molecule has 0 aliphatic rings. The van der Waals surface area contributed by atoms with E-state index in [-0.39, 0.29) is 55.5 Å². The van der Waals surface area contributed by atoms with Gasteiger partial charge in [-0.25, -0.2) is 0 Å². The Morgan fingerprint density at radius 3 is 1.78 bits per heavy atom. The van der Waals surface area contributed by atoms with E-state index in [1.54, 1.807) is 21.1 Å². The Bertz CT molecular complexity index is 948. The first-order valence-corrected chi connectivity index (χ1v) is 19.2. The molecule has 0 aliphatic heterocycles. The zero-order valence-corrected chi connectivity index (χ0v) is 31.8. The summed E-state index contributed by atoms with van der Waals surface area (Å²) in [5.41, 5.74) is 0. The predicted octanol–water partition coefficient (Wildman–Crippen LogP) is 8.35. The minimum absolute atomic E-state index is 0.0178. The van der Waals surface area contributed by atoms with E-state index in [4.69, 9.17) is 14.2 Å². The fourth-order valence-electron chi connectivity index (χ4n) is 5.20. The summed E-state index contributed by atoms with van der Waals surface area (Å²) in [7, 11) is 5.37. The minimum Gasteiger partial charge on any atom is -0.544 e. The number of likely N-dealkylation sites (N-methyl/N-ethyl adjacent to an activating group) is 1. The first-order chi connectivity index (χ1) is 23.6. The van der Waals surface area contributed by atoms with Gasteiger partial charge in [0.2, 0.25) is 0 Å². The Balaban J connectivity index is 4.52. The van der Waals surface area contributed by atoms with Crippen LogP contribution in [0.4, 0.5) is 0 Å². The van der Waals surface area contributed by atoms with E-state index in [9.17, 15) is 19.5 Å².